The first-order chi connectivity index (χ1) is 7.78. The summed E-state index contributed by atoms with van der Waals surface area (Å²) < 4.78 is 5.67. The van der Waals surface area contributed by atoms with Crippen molar-refractivity contribution in [2.45, 2.75) is 39.3 Å². The van der Waals surface area contributed by atoms with E-state index in [4.69, 9.17) is 10.5 Å². The molecular weight excluding hydrogens is 216 g/mol. The number of nitrogens with one attached hydrogen (secondary N) is 1. The second-order valence-electron chi connectivity index (χ2n) is 5.02. The standard InChI is InChI=1S/C13H20N2O2/c1-9(14)12(16)15-10-5-7-11(8-6-10)17-13(2,3)4/h5-9H,14H2,1-4H3,(H,15,16)/t9-/m1/s1. The fourth-order valence-corrected chi connectivity index (χ4v) is 1.22. The molecule has 0 heterocycles. The van der Waals surface area contributed by atoms with Crippen LogP contribution in [0.4, 0.5) is 5.69 Å². The topological polar surface area (TPSA) is 64.4 Å². The van der Waals surface area contributed by atoms with Gasteiger partial charge in [0.2, 0.25) is 5.91 Å². The highest BCUT2D eigenvalue weighted by atomic mass is 16.5. The molecule has 1 amide bonds. The van der Waals surface area contributed by atoms with Gasteiger partial charge in [0.1, 0.15) is 11.4 Å². The van der Waals surface area contributed by atoms with Crippen LogP contribution in [0, 0.1) is 0 Å². The van der Waals surface area contributed by atoms with Crippen molar-refractivity contribution in [2.24, 2.45) is 5.73 Å². The van der Waals surface area contributed by atoms with E-state index in [0.29, 0.717) is 5.69 Å². The van der Waals surface area contributed by atoms with Crippen molar-refractivity contribution in [1.82, 2.24) is 0 Å². The van der Waals surface area contributed by atoms with Crippen LogP contribution >= 0.6 is 0 Å². The minimum Gasteiger partial charge on any atom is -0.488 e. The Morgan fingerprint density at radius 1 is 1.29 bits per heavy atom. The van der Waals surface area contributed by atoms with Gasteiger partial charge in [0.25, 0.3) is 0 Å². The lowest BCUT2D eigenvalue weighted by Crippen LogP contribution is -2.32. The van der Waals surface area contributed by atoms with Gasteiger partial charge in [-0.25, -0.2) is 0 Å². The Kier molecular flexibility index (Phi) is 4.12. The molecule has 1 aromatic carbocycles. The molecule has 1 rings (SSSR count). The van der Waals surface area contributed by atoms with Crippen molar-refractivity contribution in [3.05, 3.63) is 24.3 Å². The average Bonchev–Trinajstić information content (AvgIpc) is 2.18. The van der Waals surface area contributed by atoms with Gasteiger partial charge in [-0.15, -0.1) is 0 Å². The molecule has 0 radical (unpaired) electrons. The van der Waals surface area contributed by atoms with Crippen LogP contribution < -0.4 is 15.8 Å². The third kappa shape index (κ3) is 4.87. The van der Waals surface area contributed by atoms with Crippen LogP contribution in [-0.2, 0) is 4.79 Å². The number of anilines is 1. The smallest absolute Gasteiger partial charge is 0.240 e. The molecule has 0 spiro atoms. The van der Waals surface area contributed by atoms with Crippen LogP contribution in [0.25, 0.3) is 0 Å². The van der Waals surface area contributed by atoms with Crippen LogP contribution in [0.5, 0.6) is 5.75 Å². The normalized spacial score (nSPS) is 13.0. The fraction of sp³-hybridized carbons (Fsp3) is 0.462. The molecule has 0 aliphatic carbocycles. The fourth-order valence-electron chi connectivity index (χ4n) is 1.22. The van der Waals surface area contributed by atoms with Crippen molar-refractivity contribution < 1.29 is 9.53 Å². The molecule has 0 aliphatic heterocycles. The maximum atomic E-state index is 11.4. The van der Waals surface area contributed by atoms with Crippen LogP contribution in [0.1, 0.15) is 27.7 Å². The Morgan fingerprint density at radius 2 is 1.82 bits per heavy atom. The number of carbonyl (C=O) groups is 1. The number of ether oxygens (including phenoxy) is 1. The van der Waals surface area contributed by atoms with Gasteiger partial charge in [0, 0.05) is 5.69 Å². The largest absolute Gasteiger partial charge is 0.488 e. The number of hydrogen-bond acceptors (Lipinski definition) is 3. The van der Waals surface area contributed by atoms with Crippen molar-refractivity contribution >= 4 is 11.6 Å². The Morgan fingerprint density at radius 3 is 2.24 bits per heavy atom. The second-order valence-corrected chi connectivity index (χ2v) is 5.02. The molecule has 1 atom stereocenters. The average molecular weight is 236 g/mol. The first-order valence-corrected chi connectivity index (χ1v) is 5.63. The molecule has 0 fully saturated rings. The third-order valence-corrected chi connectivity index (χ3v) is 1.96. The number of rotatable bonds is 3. The molecule has 0 saturated heterocycles. The first-order valence-electron chi connectivity index (χ1n) is 5.63. The lowest BCUT2D eigenvalue weighted by atomic mass is 10.2. The maximum absolute atomic E-state index is 11.4. The number of benzene rings is 1. The monoisotopic (exact) mass is 236 g/mol. The van der Waals surface area contributed by atoms with Crippen LogP contribution in [0.2, 0.25) is 0 Å². The zero-order valence-electron chi connectivity index (χ0n) is 10.8. The first kappa shape index (κ1) is 13.5. The SMILES string of the molecule is C[C@@H](N)C(=O)Nc1ccc(OC(C)(C)C)cc1. The van der Waals surface area contributed by atoms with E-state index in [1.54, 1.807) is 19.1 Å². The zero-order valence-corrected chi connectivity index (χ0v) is 10.8. The van der Waals surface area contributed by atoms with Crippen LogP contribution in [-0.4, -0.2) is 17.6 Å². The minimum absolute atomic E-state index is 0.200. The van der Waals surface area contributed by atoms with E-state index in [1.165, 1.54) is 0 Å². The molecule has 0 saturated carbocycles. The lowest BCUT2D eigenvalue weighted by Gasteiger charge is -2.21. The molecule has 0 unspecified atom stereocenters. The Balaban J connectivity index is 2.65. The summed E-state index contributed by atoms with van der Waals surface area (Å²) in [5.41, 5.74) is 5.95. The van der Waals surface area contributed by atoms with Gasteiger partial charge in [-0.2, -0.15) is 0 Å². The molecule has 94 valence electrons. The molecule has 4 nitrogen and oxygen atoms in total. The van der Waals surface area contributed by atoms with E-state index in [9.17, 15) is 4.79 Å². The van der Waals surface area contributed by atoms with E-state index in [-0.39, 0.29) is 11.5 Å². The Hall–Kier alpha value is -1.55. The van der Waals surface area contributed by atoms with Crippen LogP contribution in [0.15, 0.2) is 24.3 Å². The molecule has 3 N–H and O–H groups in total. The summed E-state index contributed by atoms with van der Waals surface area (Å²) in [7, 11) is 0. The Labute approximate surface area is 102 Å². The summed E-state index contributed by atoms with van der Waals surface area (Å²) in [6.07, 6.45) is 0. The molecule has 0 aromatic heterocycles. The molecule has 4 heteroatoms. The zero-order chi connectivity index (χ0) is 13.1. The van der Waals surface area contributed by atoms with Gasteiger partial charge >= 0.3 is 0 Å². The van der Waals surface area contributed by atoms with E-state index >= 15 is 0 Å². The number of nitrogens with two attached hydrogens (primary N) is 1. The summed E-state index contributed by atoms with van der Waals surface area (Å²) in [4.78, 5) is 11.4. The molecule has 1 aromatic rings. The number of hydrogen-bond donors (Lipinski definition) is 2. The second kappa shape index (κ2) is 5.19. The summed E-state index contributed by atoms with van der Waals surface area (Å²) in [5.74, 6) is 0.575. The summed E-state index contributed by atoms with van der Waals surface area (Å²) in [5, 5.41) is 2.71. The van der Waals surface area contributed by atoms with E-state index in [1.807, 2.05) is 32.9 Å². The van der Waals surface area contributed by atoms with Crippen molar-refractivity contribution in [2.75, 3.05) is 5.32 Å². The van der Waals surface area contributed by atoms with Crippen molar-refractivity contribution in [3.63, 3.8) is 0 Å². The summed E-state index contributed by atoms with van der Waals surface area (Å²) >= 11 is 0. The van der Waals surface area contributed by atoms with Gasteiger partial charge in [-0.1, -0.05) is 0 Å². The number of amides is 1. The van der Waals surface area contributed by atoms with Gasteiger partial charge in [0.05, 0.1) is 6.04 Å². The molecular formula is C13H20N2O2. The Bertz CT molecular complexity index is 377. The molecule has 0 aliphatic rings. The predicted molar refractivity (Wildman–Crippen MR) is 69.1 cm³/mol. The highest BCUT2D eigenvalue weighted by molar-refractivity contribution is 5.94. The number of carbonyl (C=O) groups excluding carboxylic acids is 1. The van der Waals surface area contributed by atoms with Crippen molar-refractivity contribution in [3.8, 4) is 5.75 Å². The van der Waals surface area contributed by atoms with Gasteiger partial charge in [-0.3, -0.25) is 4.79 Å². The molecule has 17 heavy (non-hydrogen) atoms. The highest BCUT2D eigenvalue weighted by Gasteiger charge is 2.12. The van der Waals surface area contributed by atoms with E-state index < -0.39 is 6.04 Å². The van der Waals surface area contributed by atoms with E-state index in [2.05, 4.69) is 5.32 Å². The van der Waals surface area contributed by atoms with Gasteiger partial charge in [0.15, 0.2) is 0 Å². The van der Waals surface area contributed by atoms with Crippen LogP contribution in [0.3, 0.4) is 0 Å². The van der Waals surface area contributed by atoms with E-state index in [0.717, 1.165) is 5.75 Å². The van der Waals surface area contributed by atoms with Gasteiger partial charge in [-0.05, 0) is 52.0 Å². The predicted octanol–water partition coefficient (Wildman–Crippen LogP) is 2.15. The highest BCUT2D eigenvalue weighted by Crippen LogP contribution is 2.20. The quantitative estimate of drug-likeness (QED) is 0.845. The molecule has 0 bridgehead atoms. The summed E-state index contributed by atoms with van der Waals surface area (Å²) in [6.45, 7) is 7.60. The van der Waals surface area contributed by atoms with Gasteiger partial charge < -0.3 is 15.8 Å². The minimum atomic E-state index is -0.513. The maximum Gasteiger partial charge on any atom is 0.240 e. The third-order valence-electron chi connectivity index (χ3n) is 1.96. The lowest BCUT2D eigenvalue weighted by molar-refractivity contribution is -0.117. The summed E-state index contributed by atoms with van der Waals surface area (Å²) in [6, 6.07) is 6.72. The van der Waals surface area contributed by atoms with Crippen molar-refractivity contribution in [1.29, 1.82) is 0 Å².